The van der Waals surface area contributed by atoms with E-state index in [4.69, 9.17) is 9.47 Å². The Morgan fingerprint density at radius 2 is 1.58 bits per heavy atom. The highest BCUT2D eigenvalue weighted by Gasteiger charge is 2.38. The summed E-state index contributed by atoms with van der Waals surface area (Å²) in [4.78, 5) is 21.7. The van der Waals surface area contributed by atoms with Crippen molar-refractivity contribution < 1.29 is 32.4 Å². The number of hydrogen-bond donors (Lipinski definition) is 1. The highest BCUT2D eigenvalue weighted by atomic mass is 19.4. The van der Waals surface area contributed by atoms with E-state index in [0.29, 0.717) is 30.2 Å². The molecular formula is C23H27F3N2O5. The van der Waals surface area contributed by atoms with Crippen molar-refractivity contribution in [2.45, 2.75) is 51.6 Å². The Hall–Kier alpha value is -3.30. The lowest BCUT2D eigenvalue weighted by atomic mass is 10.1. The minimum Gasteiger partial charge on any atom is -0.494 e. The number of ether oxygens (including phenoxy) is 2. The van der Waals surface area contributed by atoms with Gasteiger partial charge in [-0.1, -0.05) is 39.0 Å². The van der Waals surface area contributed by atoms with Crippen LogP contribution < -0.4 is 14.8 Å². The van der Waals surface area contributed by atoms with Gasteiger partial charge in [-0.3, -0.25) is 14.9 Å². The molecule has 180 valence electrons. The van der Waals surface area contributed by atoms with Gasteiger partial charge in [0.1, 0.15) is 17.1 Å². The molecule has 2 aromatic carbocycles. The van der Waals surface area contributed by atoms with Crippen LogP contribution in [0.4, 0.5) is 24.5 Å². The summed E-state index contributed by atoms with van der Waals surface area (Å²) in [5, 5.41) is 13.0. The number of hydrogen-bond acceptors (Lipinski definition) is 5. The molecule has 0 aliphatic heterocycles. The molecule has 0 atom stereocenters. The number of nitrogens with zero attached hydrogens (tertiary/aromatic N) is 1. The van der Waals surface area contributed by atoms with Crippen LogP contribution in [0.3, 0.4) is 0 Å². The average molecular weight is 468 g/mol. The van der Waals surface area contributed by atoms with Crippen LogP contribution in [-0.2, 0) is 11.0 Å². The summed E-state index contributed by atoms with van der Waals surface area (Å²) < 4.78 is 50.1. The predicted octanol–water partition coefficient (Wildman–Crippen LogP) is 6.37. The van der Waals surface area contributed by atoms with Gasteiger partial charge in [0, 0.05) is 11.8 Å². The number of nitrogens with one attached hydrogen (secondary N) is 1. The van der Waals surface area contributed by atoms with E-state index in [1.165, 1.54) is 25.7 Å². The van der Waals surface area contributed by atoms with Crippen LogP contribution in [0.25, 0.3) is 0 Å². The molecule has 2 aromatic rings. The third kappa shape index (κ3) is 8.99. The lowest BCUT2D eigenvalue weighted by Crippen LogP contribution is -2.20. The molecule has 0 saturated carbocycles. The van der Waals surface area contributed by atoms with Crippen molar-refractivity contribution in [3.05, 3.63) is 58.1 Å². The Morgan fingerprint density at radius 1 is 0.970 bits per heavy atom. The molecule has 0 bridgehead atoms. The molecule has 0 fully saturated rings. The van der Waals surface area contributed by atoms with Crippen molar-refractivity contribution in [3.63, 3.8) is 0 Å². The van der Waals surface area contributed by atoms with Crippen molar-refractivity contribution in [2.75, 3.05) is 18.5 Å². The molecule has 7 nitrogen and oxygen atoms in total. The molecule has 2 rings (SSSR count). The van der Waals surface area contributed by atoms with Gasteiger partial charge in [-0.05, 0) is 42.8 Å². The summed E-state index contributed by atoms with van der Waals surface area (Å²) in [6.45, 7) is 2.34. The van der Waals surface area contributed by atoms with Gasteiger partial charge in [-0.15, -0.1) is 0 Å². The lowest BCUT2D eigenvalue weighted by molar-refractivity contribution is -0.388. The van der Waals surface area contributed by atoms with Gasteiger partial charge in [0.15, 0.2) is 6.61 Å². The normalized spacial score (nSPS) is 11.2. The Labute approximate surface area is 190 Å². The van der Waals surface area contributed by atoms with Crippen LogP contribution in [0.2, 0.25) is 0 Å². The number of anilines is 1. The number of halogens is 3. The number of benzene rings is 2. The zero-order valence-electron chi connectivity index (χ0n) is 18.3. The van der Waals surface area contributed by atoms with Crippen LogP contribution >= 0.6 is 0 Å². The SMILES string of the molecule is CCCCCCCCOc1ccc(OCC(=O)Nc2ccc([N+](=O)[O-])c(C(F)(F)F)c2)cc1. The number of unbranched alkanes of at least 4 members (excludes halogenated alkanes) is 5. The molecule has 0 unspecified atom stereocenters. The summed E-state index contributed by atoms with van der Waals surface area (Å²) in [6, 6.07) is 8.90. The molecule has 0 saturated heterocycles. The summed E-state index contributed by atoms with van der Waals surface area (Å²) in [5.41, 5.74) is -2.75. The largest absolute Gasteiger partial charge is 0.494 e. The molecular weight excluding hydrogens is 441 g/mol. The highest BCUT2D eigenvalue weighted by molar-refractivity contribution is 5.92. The van der Waals surface area contributed by atoms with E-state index >= 15 is 0 Å². The zero-order valence-corrected chi connectivity index (χ0v) is 18.3. The number of carbonyl (C=O) groups excluding carboxylic acids is 1. The predicted molar refractivity (Wildman–Crippen MR) is 118 cm³/mol. The van der Waals surface area contributed by atoms with Crippen molar-refractivity contribution in [1.82, 2.24) is 0 Å². The van der Waals surface area contributed by atoms with Crippen LogP contribution in [-0.4, -0.2) is 24.0 Å². The Bertz CT molecular complexity index is 917. The Kier molecular flexibility index (Phi) is 9.96. The molecule has 33 heavy (non-hydrogen) atoms. The zero-order chi connectivity index (χ0) is 24.3. The maximum atomic E-state index is 13.0. The minimum absolute atomic E-state index is 0.222. The maximum Gasteiger partial charge on any atom is 0.423 e. The van der Waals surface area contributed by atoms with Crippen molar-refractivity contribution >= 4 is 17.3 Å². The molecule has 10 heteroatoms. The van der Waals surface area contributed by atoms with E-state index < -0.39 is 34.9 Å². The first-order chi connectivity index (χ1) is 15.7. The van der Waals surface area contributed by atoms with Crippen molar-refractivity contribution in [3.8, 4) is 11.5 Å². The van der Waals surface area contributed by atoms with Crippen molar-refractivity contribution in [2.24, 2.45) is 0 Å². The van der Waals surface area contributed by atoms with Gasteiger partial charge in [0.2, 0.25) is 0 Å². The van der Waals surface area contributed by atoms with E-state index in [1.807, 2.05) is 0 Å². The summed E-state index contributed by atoms with van der Waals surface area (Å²) in [5.74, 6) is 0.350. The highest BCUT2D eigenvalue weighted by Crippen LogP contribution is 2.37. The fourth-order valence-electron chi connectivity index (χ4n) is 3.05. The quantitative estimate of drug-likeness (QED) is 0.210. The van der Waals surface area contributed by atoms with Gasteiger partial charge in [0.05, 0.1) is 11.5 Å². The van der Waals surface area contributed by atoms with E-state index in [-0.39, 0.29) is 5.69 Å². The van der Waals surface area contributed by atoms with Gasteiger partial charge >= 0.3 is 6.18 Å². The molecule has 0 aliphatic carbocycles. The Morgan fingerprint density at radius 3 is 2.18 bits per heavy atom. The first kappa shape index (κ1) is 26.0. The second-order valence-corrected chi connectivity index (χ2v) is 7.41. The van der Waals surface area contributed by atoms with Crippen molar-refractivity contribution in [1.29, 1.82) is 0 Å². The van der Waals surface area contributed by atoms with E-state index in [0.717, 1.165) is 18.9 Å². The number of nitro benzene ring substituents is 1. The van der Waals surface area contributed by atoms with E-state index in [1.54, 1.807) is 24.3 Å². The van der Waals surface area contributed by atoms with Gasteiger partial charge in [-0.2, -0.15) is 13.2 Å². The number of nitro groups is 1. The maximum absolute atomic E-state index is 13.0. The average Bonchev–Trinajstić information content (AvgIpc) is 2.77. The smallest absolute Gasteiger partial charge is 0.423 e. The topological polar surface area (TPSA) is 90.7 Å². The standard InChI is InChI=1S/C23H27F3N2O5/c1-2-3-4-5-6-7-14-32-18-9-11-19(12-10-18)33-16-22(29)27-17-8-13-21(28(30)31)20(15-17)23(24,25)26/h8-13,15H,2-7,14,16H2,1H3,(H,27,29). The first-order valence-electron chi connectivity index (χ1n) is 10.7. The van der Waals surface area contributed by atoms with Crippen LogP contribution in [0, 0.1) is 10.1 Å². The number of alkyl halides is 3. The second-order valence-electron chi connectivity index (χ2n) is 7.41. The van der Waals surface area contributed by atoms with E-state index in [9.17, 15) is 28.1 Å². The van der Waals surface area contributed by atoms with Gasteiger partial charge in [-0.25, -0.2) is 0 Å². The third-order valence-electron chi connectivity index (χ3n) is 4.74. The number of amides is 1. The molecule has 0 radical (unpaired) electrons. The molecule has 0 aromatic heterocycles. The summed E-state index contributed by atoms with van der Waals surface area (Å²) >= 11 is 0. The summed E-state index contributed by atoms with van der Waals surface area (Å²) in [7, 11) is 0. The molecule has 0 spiro atoms. The van der Waals surface area contributed by atoms with E-state index in [2.05, 4.69) is 12.2 Å². The Balaban J connectivity index is 1.80. The molecule has 1 N–H and O–H groups in total. The first-order valence-corrected chi connectivity index (χ1v) is 10.7. The van der Waals surface area contributed by atoms with Gasteiger partial charge < -0.3 is 14.8 Å². The fraction of sp³-hybridized carbons (Fsp3) is 0.435. The number of rotatable bonds is 13. The van der Waals surface area contributed by atoms with Crippen LogP contribution in [0.1, 0.15) is 51.0 Å². The van der Waals surface area contributed by atoms with Crippen LogP contribution in [0.15, 0.2) is 42.5 Å². The minimum atomic E-state index is -4.93. The second kappa shape index (κ2) is 12.7. The monoisotopic (exact) mass is 468 g/mol. The molecule has 1 amide bonds. The number of carbonyl (C=O) groups is 1. The third-order valence-corrected chi connectivity index (χ3v) is 4.74. The van der Waals surface area contributed by atoms with Crippen LogP contribution in [0.5, 0.6) is 11.5 Å². The fourth-order valence-corrected chi connectivity index (χ4v) is 3.05. The molecule has 0 aliphatic rings. The molecule has 0 heterocycles. The lowest BCUT2D eigenvalue weighted by Gasteiger charge is -2.11. The summed E-state index contributed by atoms with van der Waals surface area (Å²) in [6.07, 6.45) is 2.06. The van der Waals surface area contributed by atoms with Gasteiger partial charge in [0.25, 0.3) is 11.6 Å².